The molecule has 2 amide bonds. The van der Waals surface area contributed by atoms with Crippen LogP contribution in [0.3, 0.4) is 0 Å². The first-order valence-electron chi connectivity index (χ1n) is 18.9. The molecule has 3 aromatic carbocycles. The van der Waals surface area contributed by atoms with Crippen molar-refractivity contribution in [1.82, 2.24) is 23.9 Å². The summed E-state index contributed by atoms with van der Waals surface area (Å²) in [6.45, 7) is 3.35. The number of aryl methyl sites for hydroxylation is 1. The molecule has 0 spiro atoms. The van der Waals surface area contributed by atoms with Gasteiger partial charge in [0, 0.05) is 74.8 Å². The van der Waals surface area contributed by atoms with Crippen molar-refractivity contribution in [3.8, 4) is 28.5 Å². The highest BCUT2D eigenvalue weighted by Gasteiger charge is 2.43. The maximum Gasteiger partial charge on any atom is 0.432 e. The largest absolute Gasteiger partial charge is 0.508 e. The molecule has 12 nitrogen and oxygen atoms in total. The van der Waals surface area contributed by atoms with Gasteiger partial charge in [0.2, 0.25) is 6.79 Å². The number of benzene rings is 3. The first-order valence-corrected chi connectivity index (χ1v) is 18.9. The molecule has 6 aromatic rings. The molecule has 3 aromatic heterocycles. The molecule has 3 aliphatic heterocycles. The number of phenols is 1. The number of hydrogen-bond acceptors (Lipinski definition) is 8. The van der Waals surface area contributed by atoms with Gasteiger partial charge in [0.15, 0.2) is 11.5 Å². The fourth-order valence-corrected chi connectivity index (χ4v) is 8.29. The highest BCUT2D eigenvalue weighted by molar-refractivity contribution is 6.13. The number of halogens is 3. The molecule has 15 heteroatoms. The lowest BCUT2D eigenvalue weighted by molar-refractivity contribution is -0.143. The van der Waals surface area contributed by atoms with Gasteiger partial charge in [-0.1, -0.05) is 24.3 Å². The number of rotatable bonds is 7. The van der Waals surface area contributed by atoms with E-state index in [1.807, 2.05) is 25.2 Å². The Hall–Kier alpha value is -6.32. The van der Waals surface area contributed by atoms with Crippen LogP contribution in [0.5, 0.6) is 17.2 Å². The minimum atomic E-state index is -5.00. The molecule has 3 aliphatic rings. The summed E-state index contributed by atoms with van der Waals surface area (Å²) in [6, 6.07) is 21.0. The first-order chi connectivity index (χ1) is 27.9. The highest BCUT2D eigenvalue weighted by atomic mass is 19.4. The van der Waals surface area contributed by atoms with Gasteiger partial charge in [-0.25, -0.2) is 4.98 Å². The van der Waals surface area contributed by atoms with E-state index < -0.39 is 29.2 Å². The average molecular weight is 793 g/mol. The van der Waals surface area contributed by atoms with E-state index in [0.29, 0.717) is 56.8 Å². The van der Waals surface area contributed by atoms with Crippen molar-refractivity contribution in [2.75, 3.05) is 44.5 Å². The lowest BCUT2D eigenvalue weighted by atomic mass is 9.92. The van der Waals surface area contributed by atoms with Crippen LogP contribution in [-0.2, 0) is 38.0 Å². The number of morpholine rings is 1. The number of fused-ring (bicyclic) bond motifs is 3. The van der Waals surface area contributed by atoms with Gasteiger partial charge in [-0.2, -0.15) is 13.2 Å². The predicted molar refractivity (Wildman–Crippen MR) is 208 cm³/mol. The highest BCUT2D eigenvalue weighted by Crippen LogP contribution is 2.44. The van der Waals surface area contributed by atoms with Crippen molar-refractivity contribution in [2.45, 2.75) is 25.2 Å². The van der Waals surface area contributed by atoms with Crippen LogP contribution in [0.4, 0.5) is 24.5 Å². The number of hydrogen-bond donors (Lipinski definition) is 1. The van der Waals surface area contributed by atoms with E-state index in [4.69, 9.17) is 14.2 Å². The smallest absolute Gasteiger partial charge is 0.432 e. The molecule has 58 heavy (non-hydrogen) atoms. The lowest BCUT2D eigenvalue weighted by Gasteiger charge is -2.40. The number of alkyl halides is 3. The Morgan fingerprint density at radius 1 is 0.897 bits per heavy atom. The molecule has 1 N–H and O–H groups in total. The summed E-state index contributed by atoms with van der Waals surface area (Å²) < 4.78 is 65.7. The third kappa shape index (κ3) is 6.69. The number of carbonyl (C=O) groups excluding carboxylic acids is 2. The summed E-state index contributed by atoms with van der Waals surface area (Å²) in [5.74, 6) is -0.926. The van der Waals surface area contributed by atoms with Crippen LogP contribution in [0.25, 0.3) is 22.3 Å². The van der Waals surface area contributed by atoms with Gasteiger partial charge < -0.3 is 33.4 Å². The van der Waals surface area contributed by atoms with E-state index >= 15 is 18.0 Å². The lowest BCUT2D eigenvalue weighted by Crippen LogP contribution is -2.52. The zero-order chi connectivity index (χ0) is 40.3. The molecule has 0 aliphatic carbocycles. The van der Waals surface area contributed by atoms with Crippen molar-refractivity contribution >= 4 is 34.2 Å². The van der Waals surface area contributed by atoms with E-state index in [9.17, 15) is 9.90 Å². The summed E-state index contributed by atoms with van der Waals surface area (Å²) in [4.78, 5) is 39.6. The second-order valence-electron chi connectivity index (χ2n) is 14.8. The zero-order valence-corrected chi connectivity index (χ0v) is 31.7. The Bertz CT molecular complexity index is 2560. The van der Waals surface area contributed by atoms with Gasteiger partial charge >= 0.3 is 6.18 Å². The molecule has 6 heterocycles. The van der Waals surface area contributed by atoms with E-state index in [1.165, 1.54) is 55.7 Å². The predicted octanol–water partition coefficient (Wildman–Crippen LogP) is 6.91. The van der Waals surface area contributed by atoms with Crippen LogP contribution < -0.4 is 14.4 Å². The van der Waals surface area contributed by atoms with Crippen LogP contribution in [-0.4, -0.2) is 86.5 Å². The third-order valence-corrected chi connectivity index (χ3v) is 11.2. The van der Waals surface area contributed by atoms with E-state index in [0.717, 1.165) is 20.6 Å². The van der Waals surface area contributed by atoms with E-state index in [2.05, 4.69) is 16.0 Å². The molecule has 0 radical (unpaired) electrons. The molecule has 1 fully saturated rings. The average Bonchev–Trinajstić information content (AvgIpc) is 3.94. The number of pyridine rings is 1. The molecule has 1 atom stereocenters. The summed E-state index contributed by atoms with van der Waals surface area (Å²) in [6.07, 6.45) is -1.20. The maximum absolute atomic E-state index is 15.3. The SMILES string of the molecule is Cn1c(-c2cc3c(cc2C(=O)N2Cc4ccccc4C[C@H]2CN2CCOCC2)OCO3)cc(C(=O)N(c2ccc(O)cc2)c2cnc3c(ccn3C)c2)c1C(F)(F)F. The van der Waals surface area contributed by atoms with Crippen LogP contribution in [0.15, 0.2) is 91.3 Å². The molecule has 298 valence electrons. The second kappa shape index (κ2) is 14.6. The number of aromatic hydroxyl groups is 1. The molecular weight excluding hydrogens is 754 g/mol. The molecule has 9 rings (SSSR count). The fourth-order valence-electron chi connectivity index (χ4n) is 8.29. The third-order valence-electron chi connectivity index (χ3n) is 11.2. The monoisotopic (exact) mass is 792 g/mol. The number of ether oxygens (including phenoxy) is 3. The van der Waals surface area contributed by atoms with Gasteiger partial charge in [-0.05, 0) is 72.1 Å². The number of phenolic OH excluding ortho intramolecular Hbond substituents is 1. The van der Waals surface area contributed by atoms with Crippen LogP contribution in [0.1, 0.15) is 37.5 Å². The standard InChI is InChI=1S/C43H39F3N6O6/c1-48-12-11-27-18-30(22-47-40(27)48)52(29-7-9-32(53)10-8-29)42(55)35-19-36(49(2)39(35)43(44,45)46)33-20-37-38(58-25-57-37)21-34(33)41(54)51-23-28-6-4-3-5-26(28)17-31(51)24-50-13-15-56-16-14-50/h3-12,18-22,31,53H,13-17,23-25H2,1-2H3/t31-/m0/s1. The molecule has 0 unspecified atom stereocenters. The Balaban J connectivity index is 1.18. The Kier molecular flexibility index (Phi) is 9.36. The second-order valence-corrected chi connectivity index (χ2v) is 14.8. The Labute approximate surface area is 331 Å². The number of anilines is 2. The Morgan fingerprint density at radius 2 is 1.62 bits per heavy atom. The van der Waals surface area contributed by atoms with Gasteiger partial charge in [-0.3, -0.25) is 19.4 Å². The van der Waals surface area contributed by atoms with Crippen LogP contribution in [0, 0.1) is 0 Å². The maximum atomic E-state index is 15.3. The van der Waals surface area contributed by atoms with Crippen molar-refractivity contribution in [3.05, 3.63) is 119 Å². The zero-order valence-electron chi connectivity index (χ0n) is 31.7. The van der Waals surface area contributed by atoms with Crippen molar-refractivity contribution in [2.24, 2.45) is 14.1 Å². The number of nitrogens with zero attached hydrogens (tertiary/aromatic N) is 6. The van der Waals surface area contributed by atoms with Gasteiger partial charge in [0.25, 0.3) is 11.8 Å². The summed E-state index contributed by atoms with van der Waals surface area (Å²) in [7, 11) is 3.04. The van der Waals surface area contributed by atoms with Gasteiger partial charge in [0.1, 0.15) is 17.1 Å². The Morgan fingerprint density at radius 3 is 2.36 bits per heavy atom. The molecular formula is C43H39F3N6O6. The van der Waals surface area contributed by atoms with Crippen LogP contribution in [0.2, 0.25) is 0 Å². The summed E-state index contributed by atoms with van der Waals surface area (Å²) in [5, 5.41) is 10.7. The van der Waals surface area contributed by atoms with Gasteiger partial charge in [0.05, 0.1) is 36.2 Å². The van der Waals surface area contributed by atoms with Crippen molar-refractivity contribution in [1.29, 1.82) is 0 Å². The number of carbonyl (C=O) groups is 2. The summed E-state index contributed by atoms with van der Waals surface area (Å²) in [5.41, 5.74) is 1.52. The van der Waals surface area contributed by atoms with Gasteiger partial charge in [-0.15, -0.1) is 0 Å². The molecule has 0 bridgehead atoms. The molecule has 0 saturated carbocycles. The quantitative estimate of drug-likeness (QED) is 0.186. The van der Waals surface area contributed by atoms with Crippen molar-refractivity contribution in [3.63, 3.8) is 0 Å². The van der Waals surface area contributed by atoms with Crippen LogP contribution >= 0.6 is 0 Å². The topological polar surface area (TPSA) is 115 Å². The fraction of sp³-hybridized carbons (Fsp3) is 0.279. The minimum absolute atomic E-state index is 0.0262. The molecule has 1 saturated heterocycles. The normalized spacial score (nSPS) is 16.8. The number of amides is 2. The first kappa shape index (κ1) is 37.3. The number of aromatic nitrogens is 3. The van der Waals surface area contributed by atoms with E-state index in [1.54, 1.807) is 27.8 Å². The van der Waals surface area contributed by atoms with E-state index in [-0.39, 0.29) is 58.3 Å². The minimum Gasteiger partial charge on any atom is -0.508 e. The summed E-state index contributed by atoms with van der Waals surface area (Å²) >= 11 is 0. The van der Waals surface area contributed by atoms with Crippen molar-refractivity contribution < 1.29 is 42.1 Å².